The van der Waals surface area contributed by atoms with Crippen molar-refractivity contribution >= 4 is 69.5 Å². The van der Waals surface area contributed by atoms with Gasteiger partial charge in [-0.3, -0.25) is 14.4 Å². The third-order valence-electron chi connectivity index (χ3n) is 3.62. The van der Waals surface area contributed by atoms with Gasteiger partial charge in [0.2, 0.25) is 0 Å². The van der Waals surface area contributed by atoms with E-state index < -0.39 is 34.9 Å². The van der Waals surface area contributed by atoms with Crippen LogP contribution in [0.4, 0.5) is 0 Å². The van der Waals surface area contributed by atoms with Crippen LogP contribution in [0.15, 0.2) is 15.3 Å². The van der Waals surface area contributed by atoms with E-state index >= 15 is 0 Å². The van der Waals surface area contributed by atoms with Gasteiger partial charge in [-0.2, -0.15) is 0 Å². The Labute approximate surface area is 170 Å². The average molecular weight is 449 g/mol. The molecule has 28 heavy (non-hydrogen) atoms. The van der Waals surface area contributed by atoms with Crippen molar-refractivity contribution in [2.24, 2.45) is 0 Å². The van der Waals surface area contributed by atoms with Gasteiger partial charge in [-0.15, -0.1) is 5.06 Å². The van der Waals surface area contributed by atoms with Crippen LogP contribution < -0.4 is 10.4 Å². The first-order valence-electron chi connectivity index (χ1n) is 7.52. The van der Waals surface area contributed by atoms with Crippen LogP contribution in [0.3, 0.4) is 0 Å². The number of carbonyl (C=O) groups is 4. The molecule has 0 aliphatic carbocycles. The van der Waals surface area contributed by atoms with Gasteiger partial charge in [0.1, 0.15) is 15.6 Å². The number of esters is 1. The SMILES string of the molecule is CC(=O)Oc1c(Cl)c(Cl)c2cc(C(=O)ON3C(=O)CCC3=O)c(=O)oc2c1Cl. The lowest BCUT2D eigenvalue weighted by atomic mass is 10.1. The summed E-state index contributed by atoms with van der Waals surface area (Å²) in [7, 11) is 0. The van der Waals surface area contributed by atoms with Gasteiger partial charge in [0.25, 0.3) is 11.8 Å². The molecule has 1 aromatic carbocycles. The zero-order valence-electron chi connectivity index (χ0n) is 13.8. The highest BCUT2D eigenvalue weighted by Crippen LogP contribution is 2.45. The first-order chi connectivity index (χ1) is 13.1. The largest absolute Gasteiger partial charge is 0.423 e. The number of halogens is 3. The van der Waals surface area contributed by atoms with E-state index in [2.05, 4.69) is 4.84 Å². The van der Waals surface area contributed by atoms with Crippen LogP contribution in [-0.4, -0.2) is 28.8 Å². The van der Waals surface area contributed by atoms with Crippen molar-refractivity contribution in [3.05, 3.63) is 37.1 Å². The molecule has 3 rings (SSSR count). The first kappa shape index (κ1) is 20.1. The van der Waals surface area contributed by atoms with Crippen LogP contribution in [0.2, 0.25) is 15.1 Å². The van der Waals surface area contributed by atoms with Gasteiger partial charge in [0.05, 0.1) is 5.02 Å². The zero-order valence-corrected chi connectivity index (χ0v) is 16.1. The second-order valence-electron chi connectivity index (χ2n) is 5.52. The number of ether oxygens (including phenoxy) is 1. The summed E-state index contributed by atoms with van der Waals surface area (Å²) < 4.78 is 9.88. The molecule has 0 spiro atoms. The highest BCUT2D eigenvalue weighted by atomic mass is 35.5. The summed E-state index contributed by atoms with van der Waals surface area (Å²) in [5.41, 5.74) is -2.14. The number of amides is 2. The molecule has 0 saturated carbocycles. The van der Waals surface area contributed by atoms with Crippen LogP contribution in [0, 0.1) is 0 Å². The van der Waals surface area contributed by atoms with E-state index in [9.17, 15) is 24.0 Å². The molecule has 0 N–H and O–H groups in total. The van der Waals surface area contributed by atoms with Crippen molar-refractivity contribution in [3.8, 4) is 5.75 Å². The monoisotopic (exact) mass is 447 g/mol. The number of fused-ring (bicyclic) bond motifs is 1. The first-order valence-corrected chi connectivity index (χ1v) is 8.66. The average Bonchev–Trinajstić information content (AvgIpc) is 2.94. The highest BCUT2D eigenvalue weighted by molar-refractivity contribution is 6.49. The third kappa shape index (κ3) is 3.44. The topological polar surface area (TPSA) is 120 Å². The van der Waals surface area contributed by atoms with Gasteiger partial charge in [0, 0.05) is 25.2 Å². The van der Waals surface area contributed by atoms with E-state index in [1.807, 2.05) is 0 Å². The molecule has 1 saturated heterocycles. The van der Waals surface area contributed by atoms with Crippen molar-refractivity contribution in [1.29, 1.82) is 0 Å². The molecule has 1 aliphatic rings. The molecule has 146 valence electrons. The summed E-state index contributed by atoms with van der Waals surface area (Å²) in [6.45, 7) is 1.10. The van der Waals surface area contributed by atoms with Crippen LogP contribution in [0.5, 0.6) is 5.75 Å². The number of hydrogen-bond acceptors (Lipinski definition) is 8. The number of carbonyl (C=O) groups excluding carboxylic acids is 4. The zero-order chi connectivity index (χ0) is 20.7. The molecule has 0 unspecified atom stereocenters. The van der Waals surface area contributed by atoms with Gasteiger partial charge in [-0.05, 0) is 6.07 Å². The van der Waals surface area contributed by atoms with Crippen molar-refractivity contribution < 1.29 is 33.2 Å². The lowest BCUT2D eigenvalue weighted by Gasteiger charge is -2.13. The molecule has 0 bridgehead atoms. The predicted octanol–water partition coefficient (Wildman–Crippen LogP) is 2.90. The molecule has 0 atom stereocenters. The van der Waals surface area contributed by atoms with E-state index in [0.29, 0.717) is 0 Å². The molecule has 12 heteroatoms. The van der Waals surface area contributed by atoms with E-state index in [-0.39, 0.29) is 49.7 Å². The predicted molar refractivity (Wildman–Crippen MR) is 95.3 cm³/mol. The molecule has 0 radical (unpaired) electrons. The smallest absolute Gasteiger partial charge is 0.371 e. The minimum absolute atomic E-state index is 0.0572. The Morgan fingerprint density at radius 3 is 2.21 bits per heavy atom. The van der Waals surface area contributed by atoms with Gasteiger partial charge in [-0.1, -0.05) is 34.8 Å². The fourth-order valence-corrected chi connectivity index (χ4v) is 3.16. The van der Waals surface area contributed by atoms with Gasteiger partial charge in [0.15, 0.2) is 11.3 Å². The van der Waals surface area contributed by atoms with E-state index in [1.54, 1.807) is 0 Å². The molecule has 1 fully saturated rings. The van der Waals surface area contributed by atoms with E-state index in [0.717, 1.165) is 13.0 Å². The summed E-state index contributed by atoms with van der Waals surface area (Å²) in [6, 6.07) is 0.978. The normalized spacial score (nSPS) is 13.9. The van der Waals surface area contributed by atoms with Crippen LogP contribution in [0.25, 0.3) is 11.0 Å². The molecule has 2 amide bonds. The number of nitrogens with zero attached hydrogens (tertiary/aromatic N) is 1. The highest BCUT2D eigenvalue weighted by Gasteiger charge is 2.34. The summed E-state index contributed by atoms with van der Waals surface area (Å²) in [5, 5.41) is -0.576. The minimum Gasteiger partial charge on any atom is -0.423 e. The Morgan fingerprint density at radius 2 is 1.64 bits per heavy atom. The molecular formula is C16H8Cl3NO8. The summed E-state index contributed by atoms with van der Waals surface area (Å²) >= 11 is 18.2. The number of rotatable bonds is 3. The minimum atomic E-state index is -1.31. The van der Waals surface area contributed by atoms with Crippen LogP contribution >= 0.6 is 34.8 Å². The maximum absolute atomic E-state index is 12.2. The quantitative estimate of drug-likeness (QED) is 0.231. The van der Waals surface area contributed by atoms with Crippen LogP contribution in [0.1, 0.15) is 30.1 Å². The number of benzene rings is 1. The second kappa shape index (κ2) is 7.42. The lowest BCUT2D eigenvalue weighted by molar-refractivity contribution is -0.172. The molecule has 2 heterocycles. The Hall–Kier alpha value is -2.62. The fourth-order valence-electron chi connectivity index (χ4n) is 2.38. The molecule has 2 aromatic rings. The lowest BCUT2D eigenvalue weighted by Crippen LogP contribution is -2.33. The van der Waals surface area contributed by atoms with Crippen molar-refractivity contribution in [2.45, 2.75) is 19.8 Å². The molecule has 1 aromatic heterocycles. The van der Waals surface area contributed by atoms with Crippen molar-refractivity contribution in [1.82, 2.24) is 5.06 Å². The van der Waals surface area contributed by atoms with Crippen LogP contribution in [-0.2, 0) is 19.2 Å². The van der Waals surface area contributed by atoms with E-state index in [1.165, 1.54) is 0 Å². The Bertz CT molecular complexity index is 1110. The maximum atomic E-state index is 12.2. The van der Waals surface area contributed by atoms with Gasteiger partial charge >= 0.3 is 17.6 Å². The number of hydrogen-bond donors (Lipinski definition) is 0. The summed E-state index contributed by atoms with van der Waals surface area (Å²) in [6.07, 6.45) is -0.233. The number of imide groups is 1. The maximum Gasteiger partial charge on any atom is 0.371 e. The molecule has 1 aliphatic heterocycles. The van der Waals surface area contributed by atoms with Crippen molar-refractivity contribution in [2.75, 3.05) is 0 Å². The Morgan fingerprint density at radius 1 is 1.04 bits per heavy atom. The summed E-state index contributed by atoms with van der Waals surface area (Å²) in [4.78, 5) is 63.4. The van der Waals surface area contributed by atoms with Crippen molar-refractivity contribution in [3.63, 3.8) is 0 Å². The number of hydroxylamine groups is 2. The van der Waals surface area contributed by atoms with E-state index in [4.69, 9.17) is 44.0 Å². The standard InChI is InChI=1S/C16H8Cl3NO8/c1-5(21)26-14-11(18)10(17)6-4-7(15(24)27-13(6)12(14)19)16(25)28-20-8(22)2-3-9(20)23/h4H,2-3H2,1H3. The molecule has 9 nitrogen and oxygen atoms in total. The molecular weight excluding hydrogens is 441 g/mol. The fraction of sp³-hybridized carbons (Fsp3) is 0.188. The van der Waals surface area contributed by atoms with Gasteiger partial charge < -0.3 is 14.0 Å². The van der Waals surface area contributed by atoms with Gasteiger partial charge in [-0.25, -0.2) is 9.59 Å². The Kier molecular flexibility index (Phi) is 5.33. The Balaban J connectivity index is 2.10. The second-order valence-corrected chi connectivity index (χ2v) is 6.65. The summed E-state index contributed by atoms with van der Waals surface area (Å²) in [5.74, 6) is -3.83. The third-order valence-corrected chi connectivity index (χ3v) is 4.81.